The van der Waals surface area contributed by atoms with E-state index in [9.17, 15) is 34.8 Å². The summed E-state index contributed by atoms with van der Waals surface area (Å²) in [6.45, 7) is 23.8. The van der Waals surface area contributed by atoms with Gasteiger partial charge in [0.25, 0.3) is 16.7 Å². The summed E-state index contributed by atoms with van der Waals surface area (Å²) in [7, 11) is 0. The van der Waals surface area contributed by atoms with Gasteiger partial charge in [0.1, 0.15) is 11.3 Å². The molecule has 9 heterocycles. The third kappa shape index (κ3) is 15.7. The van der Waals surface area contributed by atoms with E-state index in [1.807, 2.05) is 120 Å². The average molecular weight is 1220 g/mol. The lowest BCUT2D eigenvalue weighted by atomic mass is 9.87. The molecule has 474 valence electrons. The number of aliphatic hydroxyl groups is 3. The van der Waals surface area contributed by atoms with Crippen molar-refractivity contribution in [3.05, 3.63) is 237 Å². The number of fused-ring (bicyclic) bond motifs is 3. The topological polar surface area (TPSA) is 194 Å². The predicted molar refractivity (Wildman–Crippen MR) is 357 cm³/mol. The van der Waals surface area contributed by atoms with Gasteiger partial charge in [-0.2, -0.15) is 0 Å². The van der Waals surface area contributed by atoms with E-state index in [4.69, 9.17) is 0 Å². The number of aryl methyl sites for hydroxylation is 8. The second-order valence-electron chi connectivity index (χ2n) is 25.8. The van der Waals surface area contributed by atoms with Crippen LogP contribution >= 0.6 is 0 Å². The molecule has 16 heteroatoms. The quantitative estimate of drug-likeness (QED) is 0.0758. The molecule has 90 heavy (non-hydrogen) atoms. The van der Waals surface area contributed by atoms with Crippen LogP contribution in [0.3, 0.4) is 0 Å². The first kappa shape index (κ1) is 65.3. The molecule has 3 saturated heterocycles. The third-order valence-electron chi connectivity index (χ3n) is 19.2. The van der Waals surface area contributed by atoms with Crippen LogP contribution in [0, 0.1) is 73.1 Å². The normalized spacial score (nSPS) is 16.8. The second kappa shape index (κ2) is 29.5. The summed E-state index contributed by atoms with van der Waals surface area (Å²) in [5.74, 6) is 0.880. The number of aromatic hydroxyl groups is 1. The molecule has 9 aromatic rings. The third-order valence-corrected chi connectivity index (χ3v) is 19.2. The number of aromatic nitrogens is 6. The molecule has 0 amide bonds. The Labute approximate surface area is 528 Å². The number of likely N-dealkylation sites (tertiary alicyclic amines) is 3. The van der Waals surface area contributed by atoms with E-state index in [1.165, 1.54) is 21.1 Å². The fourth-order valence-corrected chi connectivity index (χ4v) is 13.4. The Morgan fingerprint density at radius 2 is 0.756 bits per heavy atom. The van der Waals surface area contributed by atoms with E-state index < -0.39 is 18.3 Å². The Hall–Kier alpha value is -7.70. The molecule has 0 aliphatic carbocycles. The zero-order valence-electron chi connectivity index (χ0n) is 53.9. The number of nitrogens with zero attached hydrogens (tertiary/aromatic N) is 9. The van der Waals surface area contributed by atoms with Crippen LogP contribution in [-0.2, 0) is 19.3 Å². The summed E-state index contributed by atoms with van der Waals surface area (Å²) in [5.41, 5.74) is 14.8. The van der Waals surface area contributed by atoms with Gasteiger partial charge in [0.15, 0.2) is 11.4 Å². The number of hydrogen-bond donors (Lipinski definition) is 4. The zero-order valence-corrected chi connectivity index (χ0v) is 53.9. The van der Waals surface area contributed by atoms with Gasteiger partial charge in [-0.25, -0.2) is 15.0 Å². The van der Waals surface area contributed by atoms with E-state index in [0.717, 1.165) is 148 Å². The maximum atomic E-state index is 13.0. The first-order valence-electron chi connectivity index (χ1n) is 32.4. The molecule has 3 aliphatic rings. The Morgan fingerprint density at radius 1 is 0.411 bits per heavy atom. The van der Waals surface area contributed by atoms with Crippen molar-refractivity contribution in [1.29, 1.82) is 0 Å². The Morgan fingerprint density at radius 3 is 1.17 bits per heavy atom. The van der Waals surface area contributed by atoms with E-state index >= 15 is 0 Å². The number of aliphatic hydroxyl groups excluding tert-OH is 3. The Kier molecular flexibility index (Phi) is 21.4. The minimum atomic E-state index is -0.421. The van der Waals surface area contributed by atoms with E-state index in [-0.39, 0.29) is 28.3 Å². The largest absolute Gasteiger partial charge is 0.504 e. The molecule has 3 atom stereocenters. The van der Waals surface area contributed by atoms with Gasteiger partial charge in [-0.05, 0) is 222 Å². The number of benzene rings is 3. The van der Waals surface area contributed by atoms with Crippen molar-refractivity contribution in [2.75, 3.05) is 58.9 Å². The minimum Gasteiger partial charge on any atom is -0.504 e. The van der Waals surface area contributed by atoms with Gasteiger partial charge in [-0.15, -0.1) is 0 Å². The molecule has 3 fully saturated rings. The highest BCUT2D eigenvalue weighted by molar-refractivity contribution is 5.55. The fourth-order valence-electron chi connectivity index (χ4n) is 13.4. The van der Waals surface area contributed by atoms with Crippen molar-refractivity contribution < 1.29 is 20.4 Å². The molecule has 3 aliphatic heterocycles. The standard InChI is InChI=1S/C25H31N3O3.C25H31N3O2.C24H29N3O2/c1-16-4-6-19(7-5-16)23(30)20-8-11-27(12-9-20)13-10-21-18(3)26-24-22(29)14-17(2)15-28(24)25(21)31;1-17-4-7-20(8-5-17)24(29)21-10-13-27(14-11-21)15-12-22-19(3)26-23-9-6-18(2)16-28(23)25(22)30;1-17-6-8-19(9-7-17)23(28)20-10-14-26(15-11-20)16-12-21-18(2)25-22-5-3-4-13-27(22)24(21)29/h4-7,14-15,20,23,29-30H,8-13H2,1-3H3;4-9,16,21,24,29H,10-15H2,1-3H3;3-9,13,20,23,28H,10-12,14-16H2,1-2H3/t23-;24-;23-/m111/s1. The van der Waals surface area contributed by atoms with Crippen LogP contribution in [0.5, 0.6) is 5.75 Å². The lowest BCUT2D eigenvalue weighted by Gasteiger charge is -2.34. The van der Waals surface area contributed by atoms with Crippen LogP contribution in [0.15, 0.2) is 142 Å². The molecule has 0 bridgehead atoms. The molecule has 4 N–H and O–H groups in total. The first-order valence-corrected chi connectivity index (χ1v) is 32.4. The molecule has 12 rings (SSSR count). The summed E-state index contributed by atoms with van der Waals surface area (Å²) >= 11 is 0. The molecule has 3 aromatic carbocycles. The molecule has 0 unspecified atom stereocenters. The average Bonchev–Trinajstić information content (AvgIpc) is 1.44. The molecule has 6 aromatic heterocycles. The summed E-state index contributed by atoms with van der Waals surface area (Å²) in [6.07, 6.45) is 12.0. The predicted octanol–water partition coefficient (Wildman–Crippen LogP) is 10.2. The van der Waals surface area contributed by atoms with Crippen molar-refractivity contribution in [2.24, 2.45) is 17.8 Å². The van der Waals surface area contributed by atoms with Crippen molar-refractivity contribution in [3.8, 4) is 5.75 Å². The Balaban J connectivity index is 0.000000149. The highest BCUT2D eigenvalue weighted by Crippen LogP contribution is 2.34. The summed E-state index contributed by atoms with van der Waals surface area (Å²) in [4.78, 5) is 59.6. The van der Waals surface area contributed by atoms with Gasteiger partial charge in [-0.3, -0.25) is 27.6 Å². The highest BCUT2D eigenvalue weighted by atomic mass is 16.3. The van der Waals surface area contributed by atoms with Crippen LogP contribution in [0.25, 0.3) is 16.9 Å². The van der Waals surface area contributed by atoms with E-state index in [0.29, 0.717) is 59.3 Å². The summed E-state index contributed by atoms with van der Waals surface area (Å²) in [6, 6.07) is 35.7. The fraction of sp³-hybridized carbons (Fsp3) is 0.432. The number of pyridine rings is 3. The Bertz CT molecular complexity index is 4080. The smallest absolute Gasteiger partial charge is 0.261 e. The van der Waals surface area contributed by atoms with Crippen LogP contribution in [0.4, 0.5) is 0 Å². The van der Waals surface area contributed by atoms with Crippen LogP contribution in [0.1, 0.15) is 135 Å². The molecule has 0 radical (unpaired) electrons. The molecular weight excluding hydrogens is 1130 g/mol. The second-order valence-corrected chi connectivity index (χ2v) is 25.8. The van der Waals surface area contributed by atoms with E-state index in [2.05, 4.69) is 74.7 Å². The SMILES string of the molecule is Cc1ccc([C@@H](O)C2CCN(CCc3c(C)nc4c(O)cc(C)cn4c3=O)CC2)cc1.Cc1ccc([C@@H](O)C2CCN(CCc3c(C)nc4ccc(C)cn4c3=O)CC2)cc1.Cc1ccc([C@@H](O)C2CCN(CCc3c(C)nc4ccccn4c3=O)CC2)cc1. The van der Waals surface area contributed by atoms with Gasteiger partial charge in [0, 0.05) is 72.0 Å². The molecule has 16 nitrogen and oxygen atoms in total. The van der Waals surface area contributed by atoms with Crippen molar-refractivity contribution in [2.45, 2.75) is 131 Å². The van der Waals surface area contributed by atoms with Crippen LogP contribution < -0.4 is 16.7 Å². The minimum absolute atomic E-state index is 0.0287. The maximum absolute atomic E-state index is 13.0. The van der Waals surface area contributed by atoms with Crippen LogP contribution in [0.2, 0.25) is 0 Å². The van der Waals surface area contributed by atoms with Crippen molar-refractivity contribution in [3.63, 3.8) is 0 Å². The van der Waals surface area contributed by atoms with Crippen molar-refractivity contribution in [1.82, 2.24) is 42.9 Å². The van der Waals surface area contributed by atoms with E-state index in [1.54, 1.807) is 27.3 Å². The summed E-state index contributed by atoms with van der Waals surface area (Å²) in [5, 5.41) is 42.4. The monoisotopic (exact) mass is 1220 g/mol. The lowest BCUT2D eigenvalue weighted by molar-refractivity contribution is 0.0591. The summed E-state index contributed by atoms with van der Waals surface area (Å²) < 4.78 is 4.76. The van der Waals surface area contributed by atoms with Gasteiger partial charge in [0.05, 0.1) is 18.3 Å². The zero-order chi connectivity index (χ0) is 63.8. The van der Waals surface area contributed by atoms with Crippen LogP contribution in [-0.4, -0.2) is 122 Å². The van der Waals surface area contributed by atoms with Gasteiger partial charge in [-0.1, -0.05) is 102 Å². The number of piperidine rings is 3. The van der Waals surface area contributed by atoms with Crippen molar-refractivity contribution >= 4 is 16.9 Å². The molecular formula is C74H91N9O7. The first-order chi connectivity index (χ1) is 43.3. The molecule has 0 spiro atoms. The lowest BCUT2D eigenvalue weighted by Crippen LogP contribution is -2.37. The van der Waals surface area contributed by atoms with Gasteiger partial charge in [0.2, 0.25) is 0 Å². The molecule has 0 saturated carbocycles. The maximum Gasteiger partial charge on any atom is 0.261 e. The number of rotatable bonds is 15. The highest BCUT2D eigenvalue weighted by Gasteiger charge is 2.30. The number of hydrogen-bond acceptors (Lipinski definition) is 13. The van der Waals surface area contributed by atoms with Gasteiger partial charge >= 0.3 is 0 Å². The van der Waals surface area contributed by atoms with Gasteiger partial charge < -0.3 is 35.1 Å².